The lowest BCUT2D eigenvalue weighted by Crippen LogP contribution is -2.39. The minimum atomic E-state index is 0.0977. The fourth-order valence-corrected chi connectivity index (χ4v) is 3.87. The predicted octanol–water partition coefficient (Wildman–Crippen LogP) is 2.10. The van der Waals surface area contributed by atoms with Crippen molar-refractivity contribution in [2.75, 3.05) is 13.7 Å². The highest BCUT2D eigenvalue weighted by Crippen LogP contribution is 2.29. The van der Waals surface area contributed by atoms with Gasteiger partial charge in [-0.15, -0.1) is 0 Å². The molecule has 0 radical (unpaired) electrons. The number of imidazole rings is 1. The van der Waals surface area contributed by atoms with Gasteiger partial charge >= 0.3 is 0 Å². The molecule has 1 saturated carbocycles. The number of rotatable bonds is 3. The number of methoxy groups -OCH3 is 1. The van der Waals surface area contributed by atoms with Crippen molar-refractivity contribution < 1.29 is 9.53 Å². The fourth-order valence-electron chi connectivity index (χ4n) is 3.87. The van der Waals surface area contributed by atoms with Crippen molar-refractivity contribution in [2.24, 2.45) is 11.7 Å². The van der Waals surface area contributed by atoms with Gasteiger partial charge in [0.05, 0.1) is 25.0 Å². The maximum atomic E-state index is 12.7. The summed E-state index contributed by atoms with van der Waals surface area (Å²) in [6.45, 7) is 1.35. The molecule has 4 rings (SSSR count). The highest BCUT2D eigenvalue weighted by atomic mass is 16.5. The number of carbonyl (C=O) groups is 1. The summed E-state index contributed by atoms with van der Waals surface area (Å²) in [5.74, 6) is 2.02. The third kappa shape index (κ3) is 3.14. The molecule has 1 aliphatic carbocycles. The van der Waals surface area contributed by atoms with Crippen LogP contribution in [0.5, 0.6) is 5.75 Å². The molecule has 132 valence electrons. The molecule has 0 bridgehead atoms. The number of aromatic amines is 1. The molecule has 1 aliphatic heterocycles. The third-order valence-corrected chi connectivity index (χ3v) is 5.33. The molecule has 2 heterocycles. The number of benzene rings is 1. The van der Waals surface area contributed by atoms with Gasteiger partial charge in [0.15, 0.2) is 0 Å². The van der Waals surface area contributed by atoms with E-state index in [1.165, 1.54) is 0 Å². The first kappa shape index (κ1) is 16.1. The monoisotopic (exact) mass is 340 g/mol. The molecule has 1 amide bonds. The van der Waals surface area contributed by atoms with E-state index in [1.54, 1.807) is 7.11 Å². The predicted molar refractivity (Wildman–Crippen MR) is 95.0 cm³/mol. The van der Waals surface area contributed by atoms with E-state index in [-0.39, 0.29) is 17.9 Å². The number of nitrogens with two attached hydrogens (primary N) is 1. The van der Waals surface area contributed by atoms with Crippen molar-refractivity contribution in [1.29, 1.82) is 0 Å². The first-order valence-electron chi connectivity index (χ1n) is 8.90. The summed E-state index contributed by atoms with van der Waals surface area (Å²) >= 11 is 0. The van der Waals surface area contributed by atoms with Crippen LogP contribution in [0, 0.1) is 5.92 Å². The molecule has 6 nitrogen and oxygen atoms in total. The lowest BCUT2D eigenvalue weighted by molar-refractivity contribution is -0.136. The van der Waals surface area contributed by atoms with Gasteiger partial charge in [-0.05, 0) is 43.5 Å². The van der Waals surface area contributed by atoms with Crippen molar-refractivity contribution in [2.45, 2.75) is 38.3 Å². The second-order valence-corrected chi connectivity index (χ2v) is 7.02. The van der Waals surface area contributed by atoms with Crippen molar-refractivity contribution in [3.05, 3.63) is 35.7 Å². The Morgan fingerprint density at radius 1 is 1.32 bits per heavy atom. The molecule has 2 aliphatic rings. The average Bonchev–Trinajstić information content (AvgIpc) is 3.26. The lowest BCUT2D eigenvalue weighted by Gasteiger charge is -2.28. The molecule has 2 atom stereocenters. The van der Waals surface area contributed by atoms with Crippen LogP contribution >= 0.6 is 0 Å². The molecule has 0 spiro atoms. The minimum Gasteiger partial charge on any atom is -0.497 e. The third-order valence-electron chi connectivity index (χ3n) is 5.33. The van der Waals surface area contributed by atoms with Crippen LogP contribution in [0.3, 0.4) is 0 Å². The Labute approximate surface area is 147 Å². The van der Waals surface area contributed by atoms with Gasteiger partial charge in [0.2, 0.25) is 5.91 Å². The van der Waals surface area contributed by atoms with E-state index < -0.39 is 0 Å². The van der Waals surface area contributed by atoms with Crippen LogP contribution in [-0.2, 0) is 17.8 Å². The number of hydrogen-bond donors (Lipinski definition) is 2. The summed E-state index contributed by atoms with van der Waals surface area (Å²) in [4.78, 5) is 22.8. The maximum absolute atomic E-state index is 12.7. The average molecular weight is 340 g/mol. The first-order chi connectivity index (χ1) is 12.1. The van der Waals surface area contributed by atoms with E-state index in [0.29, 0.717) is 6.54 Å². The van der Waals surface area contributed by atoms with Gasteiger partial charge in [-0.2, -0.15) is 0 Å². The number of aromatic nitrogens is 2. The molecule has 25 heavy (non-hydrogen) atoms. The Balaban J connectivity index is 1.49. The van der Waals surface area contributed by atoms with Gasteiger partial charge in [-0.1, -0.05) is 0 Å². The van der Waals surface area contributed by atoms with Gasteiger partial charge < -0.3 is 20.4 Å². The van der Waals surface area contributed by atoms with Gasteiger partial charge in [-0.25, -0.2) is 4.98 Å². The SMILES string of the molecule is COc1ccc(-c2nc3c([nH]2)CN(C(=O)[C@H]2CC[C@@H](N)C2)CC3)cc1. The fraction of sp³-hybridized carbons (Fsp3) is 0.474. The zero-order valence-electron chi connectivity index (χ0n) is 14.5. The summed E-state index contributed by atoms with van der Waals surface area (Å²) in [6, 6.07) is 8.02. The van der Waals surface area contributed by atoms with Crippen molar-refractivity contribution in [3.8, 4) is 17.1 Å². The zero-order chi connectivity index (χ0) is 17.4. The molecular formula is C19H24N4O2. The molecule has 1 aromatic heterocycles. The van der Waals surface area contributed by atoms with Crippen LogP contribution in [0.4, 0.5) is 0 Å². The summed E-state index contributed by atoms with van der Waals surface area (Å²) in [7, 11) is 1.66. The first-order valence-corrected chi connectivity index (χ1v) is 8.90. The number of fused-ring (bicyclic) bond motifs is 1. The Bertz CT molecular complexity index is 768. The number of carbonyl (C=O) groups excluding carboxylic acids is 1. The van der Waals surface area contributed by atoms with Crippen molar-refractivity contribution in [1.82, 2.24) is 14.9 Å². The van der Waals surface area contributed by atoms with Crippen LogP contribution in [0.15, 0.2) is 24.3 Å². The van der Waals surface area contributed by atoms with Gasteiger partial charge in [0.1, 0.15) is 11.6 Å². The Morgan fingerprint density at radius 2 is 2.12 bits per heavy atom. The standard InChI is InChI=1S/C19H24N4O2/c1-25-15-6-3-12(4-7-15)18-21-16-8-9-23(11-17(16)22-18)19(24)13-2-5-14(20)10-13/h3-4,6-7,13-14H,2,5,8-11,20H2,1H3,(H,21,22)/t13-,14+/m0/s1. The van der Waals surface area contributed by atoms with Crippen molar-refractivity contribution in [3.63, 3.8) is 0 Å². The van der Waals surface area contributed by atoms with Crippen LogP contribution in [0.2, 0.25) is 0 Å². The maximum Gasteiger partial charge on any atom is 0.226 e. The van der Waals surface area contributed by atoms with Gasteiger partial charge in [-0.3, -0.25) is 4.79 Å². The van der Waals surface area contributed by atoms with Crippen LogP contribution in [0.25, 0.3) is 11.4 Å². The quantitative estimate of drug-likeness (QED) is 0.896. The number of nitrogens with one attached hydrogen (secondary N) is 1. The Morgan fingerprint density at radius 3 is 2.80 bits per heavy atom. The Hall–Kier alpha value is -2.34. The largest absolute Gasteiger partial charge is 0.497 e. The lowest BCUT2D eigenvalue weighted by atomic mass is 10.0. The zero-order valence-corrected chi connectivity index (χ0v) is 14.5. The van der Waals surface area contributed by atoms with E-state index in [1.807, 2.05) is 29.2 Å². The summed E-state index contributed by atoms with van der Waals surface area (Å²) < 4.78 is 5.20. The number of amides is 1. The number of ether oxygens (including phenoxy) is 1. The summed E-state index contributed by atoms with van der Waals surface area (Å²) in [5, 5.41) is 0. The molecule has 1 fully saturated rings. The second kappa shape index (κ2) is 6.52. The van der Waals surface area contributed by atoms with Gasteiger partial charge in [0, 0.05) is 30.5 Å². The molecule has 0 unspecified atom stereocenters. The van der Waals surface area contributed by atoms with E-state index in [2.05, 4.69) is 4.98 Å². The highest BCUT2D eigenvalue weighted by Gasteiger charge is 2.33. The van der Waals surface area contributed by atoms with Gasteiger partial charge in [0.25, 0.3) is 0 Å². The molecular weight excluding hydrogens is 316 g/mol. The van der Waals surface area contributed by atoms with E-state index >= 15 is 0 Å². The second-order valence-electron chi connectivity index (χ2n) is 7.02. The number of H-pyrrole nitrogens is 1. The topological polar surface area (TPSA) is 84.2 Å². The summed E-state index contributed by atoms with van der Waals surface area (Å²) in [5.41, 5.74) is 9.10. The van der Waals surface area contributed by atoms with Crippen molar-refractivity contribution >= 4 is 5.91 Å². The normalized spacial score (nSPS) is 22.7. The molecule has 1 aromatic carbocycles. The Kier molecular flexibility index (Phi) is 4.21. The number of nitrogens with zero attached hydrogens (tertiary/aromatic N) is 2. The molecule has 2 aromatic rings. The smallest absolute Gasteiger partial charge is 0.226 e. The molecule has 0 saturated heterocycles. The molecule has 3 N–H and O–H groups in total. The minimum absolute atomic E-state index is 0.0977. The van der Waals surface area contributed by atoms with E-state index in [9.17, 15) is 4.79 Å². The van der Waals surface area contributed by atoms with Crippen LogP contribution in [0.1, 0.15) is 30.7 Å². The van der Waals surface area contributed by atoms with Crippen LogP contribution in [-0.4, -0.2) is 40.5 Å². The van der Waals surface area contributed by atoms with E-state index in [0.717, 1.165) is 60.8 Å². The van der Waals surface area contributed by atoms with E-state index in [4.69, 9.17) is 15.5 Å². The number of hydrogen-bond acceptors (Lipinski definition) is 4. The molecule has 6 heteroatoms. The summed E-state index contributed by atoms with van der Waals surface area (Å²) in [6.07, 6.45) is 3.50. The highest BCUT2D eigenvalue weighted by molar-refractivity contribution is 5.79. The van der Waals surface area contributed by atoms with Crippen LogP contribution < -0.4 is 10.5 Å².